The van der Waals surface area contributed by atoms with Crippen molar-refractivity contribution in [2.75, 3.05) is 27.7 Å². The molecule has 1 saturated carbocycles. The summed E-state index contributed by atoms with van der Waals surface area (Å²) < 4.78 is 5.87. The molecule has 6 heteroatoms. The number of hydrogen-bond donors (Lipinski definition) is 1. The highest BCUT2D eigenvalue weighted by Gasteiger charge is 2.36. The maximum Gasteiger partial charge on any atom is 0.246 e. The summed E-state index contributed by atoms with van der Waals surface area (Å²) in [5.41, 5.74) is 0. The monoisotopic (exact) mass is 333 g/mol. The first-order valence-corrected chi connectivity index (χ1v) is 8.32. The first-order valence-electron chi connectivity index (χ1n) is 8.32. The standard InChI is InChI=1S/C18H27N3O3/c1-20(2)12-6-10-17(22)21(3)15-8-4-9-16(18(15)23)24-14-7-5-11-19-13-14/h5-7,10-11,13,15-16,18,23H,4,8-9,12H2,1-3H3/b10-6+/t15-,16-,18-/m1/s1. The SMILES string of the molecule is CN(C)C/C=C/C(=O)N(C)[C@@H]1CCC[C@@H](Oc2cccnc2)[C@@H]1O. The highest BCUT2D eigenvalue weighted by Crippen LogP contribution is 2.26. The van der Waals surface area contributed by atoms with Crippen molar-refractivity contribution < 1.29 is 14.6 Å². The quantitative estimate of drug-likeness (QED) is 0.796. The summed E-state index contributed by atoms with van der Waals surface area (Å²) in [6.07, 6.45) is 8.13. The zero-order valence-electron chi connectivity index (χ0n) is 14.6. The molecule has 0 radical (unpaired) electrons. The molecule has 0 unspecified atom stereocenters. The molecule has 2 rings (SSSR count). The van der Waals surface area contributed by atoms with Crippen LogP contribution in [-0.2, 0) is 4.79 Å². The van der Waals surface area contributed by atoms with E-state index in [2.05, 4.69) is 4.98 Å². The van der Waals surface area contributed by atoms with Gasteiger partial charge in [0.2, 0.25) is 5.91 Å². The second-order valence-corrected chi connectivity index (χ2v) is 6.45. The normalized spacial score (nSPS) is 24.3. The van der Waals surface area contributed by atoms with Crippen molar-refractivity contribution in [1.82, 2.24) is 14.8 Å². The van der Waals surface area contributed by atoms with Crippen molar-refractivity contribution in [2.45, 2.75) is 37.5 Å². The Hall–Kier alpha value is -1.92. The van der Waals surface area contributed by atoms with Crippen molar-refractivity contribution in [1.29, 1.82) is 0 Å². The van der Waals surface area contributed by atoms with Crippen LogP contribution in [0.4, 0.5) is 0 Å². The lowest BCUT2D eigenvalue weighted by molar-refractivity contribution is -0.132. The van der Waals surface area contributed by atoms with Crippen LogP contribution in [0.1, 0.15) is 19.3 Å². The second-order valence-electron chi connectivity index (χ2n) is 6.45. The predicted octanol–water partition coefficient (Wildman–Crippen LogP) is 1.32. The molecule has 1 aromatic rings. The van der Waals surface area contributed by atoms with E-state index in [9.17, 15) is 9.90 Å². The van der Waals surface area contributed by atoms with Crippen LogP contribution in [0.3, 0.4) is 0 Å². The van der Waals surface area contributed by atoms with Gasteiger partial charge in [-0.1, -0.05) is 6.08 Å². The van der Waals surface area contributed by atoms with Crippen LogP contribution in [0.2, 0.25) is 0 Å². The van der Waals surface area contributed by atoms with Gasteiger partial charge in [0.25, 0.3) is 0 Å². The number of carbonyl (C=O) groups excluding carboxylic acids is 1. The van der Waals surface area contributed by atoms with Crippen LogP contribution in [0.5, 0.6) is 5.75 Å². The van der Waals surface area contributed by atoms with E-state index in [1.54, 1.807) is 36.5 Å². The van der Waals surface area contributed by atoms with Gasteiger partial charge in [-0.25, -0.2) is 0 Å². The number of pyridine rings is 1. The third kappa shape index (κ3) is 5.04. The number of carbonyl (C=O) groups is 1. The Morgan fingerprint density at radius 2 is 2.21 bits per heavy atom. The molecule has 1 aromatic heterocycles. The largest absolute Gasteiger partial charge is 0.486 e. The number of rotatable bonds is 6. The Kier molecular flexibility index (Phi) is 6.75. The zero-order valence-corrected chi connectivity index (χ0v) is 14.6. The van der Waals surface area contributed by atoms with E-state index in [-0.39, 0.29) is 18.1 Å². The van der Waals surface area contributed by atoms with E-state index in [0.717, 1.165) is 19.3 Å². The summed E-state index contributed by atoms with van der Waals surface area (Å²) in [5.74, 6) is 0.546. The molecule has 1 fully saturated rings. The van der Waals surface area contributed by atoms with Crippen LogP contribution in [-0.4, -0.2) is 71.7 Å². The van der Waals surface area contributed by atoms with E-state index < -0.39 is 6.10 Å². The zero-order chi connectivity index (χ0) is 17.5. The first kappa shape index (κ1) is 18.4. The fourth-order valence-corrected chi connectivity index (χ4v) is 2.91. The second kappa shape index (κ2) is 8.80. The molecule has 0 spiro atoms. The summed E-state index contributed by atoms with van der Waals surface area (Å²) in [5, 5.41) is 10.7. The fraction of sp³-hybridized carbons (Fsp3) is 0.556. The Morgan fingerprint density at radius 1 is 1.42 bits per heavy atom. The van der Waals surface area contributed by atoms with Gasteiger partial charge < -0.3 is 19.6 Å². The summed E-state index contributed by atoms with van der Waals surface area (Å²) >= 11 is 0. The van der Waals surface area contributed by atoms with Gasteiger partial charge in [0, 0.05) is 25.9 Å². The third-order valence-corrected chi connectivity index (χ3v) is 4.26. The summed E-state index contributed by atoms with van der Waals surface area (Å²) in [7, 11) is 5.64. The van der Waals surface area contributed by atoms with E-state index in [1.165, 1.54) is 0 Å². The van der Waals surface area contributed by atoms with Crippen molar-refractivity contribution in [3.63, 3.8) is 0 Å². The molecule has 0 saturated heterocycles. The maximum absolute atomic E-state index is 12.3. The van der Waals surface area contributed by atoms with Crippen LogP contribution in [0.15, 0.2) is 36.7 Å². The number of aromatic nitrogens is 1. The predicted molar refractivity (Wildman–Crippen MR) is 92.8 cm³/mol. The fourth-order valence-electron chi connectivity index (χ4n) is 2.91. The molecule has 0 bridgehead atoms. The first-order chi connectivity index (χ1) is 11.5. The maximum atomic E-state index is 12.3. The number of aliphatic hydroxyl groups excluding tert-OH is 1. The summed E-state index contributed by atoms with van der Waals surface area (Å²) in [6.45, 7) is 0.708. The molecule has 1 N–H and O–H groups in total. The van der Waals surface area contributed by atoms with Gasteiger partial charge in [0.05, 0.1) is 12.2 Å². The van der Waals surface area contributed by atoms with Gasteiger partial charge >= 0.3 is 0 Å². The van der Waals surface area contributed by atoms with Crippen molar-refractivity contribution in [2.24, 2.45) is 0 Å². The number of amides is 1. The molecule has 1 aliphatic carbocycles. The topological polar surface area (TPSA) is 65.9 Å². The third-order valence-electron chi connectivity index (χ3n) is 4.26. The van der Waals surface area contributed by atoms with Gasteiger partial charge in [-0.2, -0.15) is 0 Å². The molecule has 3 atom stereocenters. The molecular formula is C18H27N3O3. The number of likely N-dealkylation sites (N-methyl/N-ethyl adjacent to an activating group) is 2. The molecular weight excluding hydrogens is 306 g/mol. The lowest BCUT2D eigenvalue weighted by Crippen LogP contribution is -2.53. The smallest absolute Gasteiger partial charge is 0.246 e. The minimum atomic E-state index is -0.713. The average Bonchev–Trinajstić information content (AvgIpc) is 2.56. The van der Waals surface area contributed by atoms with Gasteiger partial charge in [-0.15, -0.1) is 0 Å². The van der Waals surface area contributed by atoms with Crippen LogP contribution < -0.4 is 4.74 Å². The van der Waals surface area contributed by atoms with Gasteiger partial charge in [0.1, 0.15) is 18.0 Å². The highest BCUT2D eigenvalue weighted by molar-refractivity contribution is 5.87. The molecule has 1 amide bonds. The van der Waals surface area contributed by atoms with Crippen molar-refractivity contribution in [3.8, 4) is 5.75 Å². The van der Waals surface area contributed by atoms with Gasteiger partial charge in [0.15, 0.2) is 0 Å². The molecule has 6 nitrogen and oxygen atoms in total. The van der Waals surface area contributed by atoms with E-state index in [4.69, 9.17) is 4.74 Å². The molecule has 0 aliphatic heterocycles. The number of ether oxygens (including phenoxy) is 1. The number of hydrogen-bond acceptors (Lipinski definition) is 5. The molecule has 1 aliphatic rings. The highest BCUT2D eigenvalue weighted by atomic mass is 16.5. The minimum absolute atomic E-state index is 0.0945. The van der Waals surface area contributed by atoms with Gasteiger partial charge in [-0.05, 0) is 45.5 Å². The van der Waals surface area contributed by atoms with Crippen LogP contribution in [0, 0.1) is 0 Å². The van der Waals surface area contributed by atoms with E-state index in [0.29, 0.717) is 12.3 Å². The van der Waals surface area contributed by atoms with Crippen molar-refractivity contribution >= 4 is 5.91 Å². The lowest BCUT2D eigenvalue weighted by atomic mass is 9.89. The van der Waals surface area contributed by atoms with Crippen LogP contribution >= 0.6 is 0 Å². The molecule has 0 aromatic carbocycles. The molecule has 132 valence electrons. The van der Waals surface area contributed by atoms with Crippen molar-refractivity contribution in [3.05, 3.63) is 36.7 Å². The van der Waals surface area contributed by atoms with E-state index >= 15 is 0 Å². The Morgan fingerprint density at radius 3 is 2.88 bits per heavy atom. The number of nitrogens with zero attached hydrogens (tertiary/aromatic N) is 3. The summed E-state index contributed by atoms with van der Waals surface area (Å²) in [6, 6.07) is 3.38. The summed E-state index contributed by atoms with van der Waals surface area (Å²) in [4.78, 5) is 19.9. The van der Waals surface area contributed by atoms with E-state index in [1.807, 2.05) is 31.1 Å². The van der Waals surface area contributed by atoms with Crippen LogP contribution in [0.25, 0.3) is 0 Å². The minimum Gasteiger partial charge on any atom is -0.486 e. The van der Waals surface area contributed by atoms with Gasteiger partial charge in [-0.3, -0.25) is 9.78 Å². The lowest BCUT2D eigenvalue weighted by Gasteiger charge is -2.39. The number of aliphatic hydroxyl groups is 1. The Balaban J connectivity index is 1.96. The molecule has 1 heterocycles. The Bertz CT molecular complexity index is 548. The Labute approximate surface area is 143 Å². The molecule has 24 heavy (non-hydrogen) atoms. The average molecular weight is 333 g/mol.